The number of alkyl halides is 5. The third-order valence-electron chi connectivity index (χ3n) is 12.4. The molecule has 1 spiro atoms. The number of unbranched alkanes of at least 4 members (excludes halogenated alkanes) is 6. The minimum Gasteiger partial charge on any atom is -0.508 e. The van der Waals surface area contributed by atoms with E-state index in [1.165, 1.54) is 5.56 Å². The maximum atomic E-state index is 13.0. The lowest BCUT2D eigenvalue weighted by Gasteiger charge is -2.55. The number of halogens is 5. The summed E-state index contributed by atoms with van der Waals surface area (Å²) >= 11 is 0. The van der Waals surface area contributed by atoms with E-state index in [4.69, 9.17) is 4.74 Å². The predicted octanol–water partition coefficient (Wildman–Crippen LogP) is 9.22. The van der Waals surface area contributed by atoms with E-state index in [1.54, 1.807) is 13.2 Å². The summed E-state index contributed by atoms with van der Waals surface area (Å²) in [5.41, 5.74) is 2.70. The Morgan fingerprint density at radius 1 is 0.933 bits per heavy atom. The Morgan fingerprint density at radius 2 is 1.58 bits per heavy atom. The quantitative estimate of drug-likeness (QED) is 0.145. The van der Waals surface area contributed by atoms with Crippen LogP contribution in [0.3, 0.4) is 0 Å². The van der Waals surface area contributed by atoms with Crippen LogP contribution in [0.25, 0.3) is 0 Å². The van der Waals surface area contributed by atoms with Crippen molar-refractivity contribution in [3.63, 3.8) is 0 Å². The average molecular weight is 663 g/mol. The molecule has 10 heteroatoms. The van der Waals surface area contributed by atoms with Crippen LogP contribution in [0, 0.1) is 28.6 Å². The normalized spacial score (nSPS) is 32.6. The Hall–Kier alpha value is -1.26. The SMILES string of the molecule is CO[C@@H]1c2cc(O)ccc2C2CC[C@@]3(C)C(C[C@@H](O)C34CC4)C2[C@@H]1CCCCCCCCCS(=O)CCCC(F)(F)C(F)(F)F. The second-order valence-electron chi connectivity index (χ2n) is 14.7. The highest BCUT2D eigenvalue weighted by Gasteiger charge is 2.71. The molecule has 4 aliphatic rings. The molecule has 3 fully saturated rings. The van der Waals surface area contributed by atoms with Gasteiger partial charge in [-0.3, -0.25) is 4.21 Å². The minimum atomic E-state index is -5.55. The van der Waals surface area contributed by atoms with Crippen LogP contribution in [0.4, 0.5) is 22.0 Å². The topological polar surface area (TPSA) is 66.8 Å². The molecular formula is C35H51F5O4S. The highest BCUT2D eigenvalue weighted by molar-refractivity contribution is 7.84. The van der Waals surface area contributed by atoms with Gasteiger partial charge in [0.25, 0.3) is 0 Å². The molecule has 0 aromatic heterocycles. The molecule has 3 saturated carbocycles. The number of aliphatic hydroxyl groups is 1. The molecule has 0 saturated heterocycles. The first-order chi connectivity index (χ1) is 21.3. The number of ether oxygens (including phenoxy) is 1. The van der Waals surface area contributed by atoms with Crippen molar-refractivity contribution in [3.8, 4) is 5.75 Å². The van der Waals surface area contributed by atoms with Gasteiger partial charge < -0.3 is 14.9 Å². The third-order valence-corrected chi connectivity index (χ3v) is 13.9. The summed E-state index contributed by atoms with van der Waals surface area (Å²) < 4.78 is 81.1. The fraction of sp³-hybridized carbons (Fsp3) is 0.829. The van der Waals surface area contributed by atoms with Crippen molar-refractivity contribution in [1.29, 1.82) is 0 Å². The van der Waals surface area contributed by atoms with Crippen molar-refractivity contribution in [2.24, 2.45) is 28.6 Å². The molecule has 5 rings (SSSR count). The zero-order chi connectivity index (χ0) is 32.6. The maximum Gasteiger partial charge on any atom is 0.453 e. The van der Waals surface area contributed by atoms with E-state index < -0.39 is 35.7 Å². The van der Waals surface area contributed by atoms with Crippen LogP contribution >= 0.6 is 0 Å². The molecule has 0 aliphatic heterocycles. The molecule has 4 aliphatic carbocycles. The van der Waals surface area contributed by atoms with E-state index in [2.05, 4.69) is 13.0 Å². The summed E-state index contributed by atoms with van der Waals surface area (Å²) in [7, 11) is 0.410. The number of aromatic hydroxyl groups is 1. The lowest BCUT2D eigenvalue weighted by Crippen LogP contribution is -2.48. The second-order valence-corrected chi connectivity index (χ2v) is 16.4. The number of hydrogen-bond acceptors (Lipinski definition) is 4. The van der Waals surface area contributed by atoms with Gasteiger partial charge in [0.2, 0.25) is 0 Å². The van der Waals surface area contributed by atoms with Gasteiger partial charge in [-0.05, 0) is 104 Å². The lowest BCUT2D eigenvalue weighted by atomic mass is 9.50. The summed E-state index contributed by atoms with van der Waals surface area (Å²) in [5.74, 6) is -2.58. The molecule has 0 radical (unpaired) electrons. The number of hydrogen-bond donors (Lipinski definition) is 2. The molecule has 256 valence electrons. The van der Waals surface area contributed by atoms with E-state index >= 15 is 0 Å². The van der Waals surface area contributed by atoms with E-state index in [-0.39, 0.29) is 34.5 Å². The van der Waals surface area contributed by atoms with Crippen LogP contribution in [0.2, 0.25) is 0 Å². The van der Waals surface area contributed by atoms with Gasteiger partial charge in [0.05, 0.1) is 12.2 Å². The van der Waals surface area contributed by atoms with Crippen molar-refractivity contribution in [1.82, 2.24) is 0 Å². The fourth-order valence-corrected chi connectivity index (χ4v) is 11.1. The van der Waals surface area contributed by atoms with Crippen molar-refractivity contribution >= 4 is 10.8 Å². The summed E-state index contributed by atoms with van der Waals surface area (Å²) in [6.45, 7) is 2.45. The highest BCUT2D eigenvalue weighted by Crippen LogP contribution is 2.77. The Morgan fingerprint density at radius 3 is 2.22 bits per heavy atom. The molecule has 0 bridgehead atoms. The molecule has 45 heavy (non-hydrogen) atoms. The predicted molar refractivity (Wildman–Crippen MR) is 166 cm³/mol. The van der Waals surface area contributed by atoms with Crippen molar-refractivity contribution in [3.05, 3.63) is 29.3 Å². The Kier molecular flexibility index (Phi) is 10.7. The number of phenolic OH excluding ortho intramolecular Hbond substituents is 1. The van der Waals surface area contributed by atoms with E-state index in [1.807, 2.05) is 6.07 Å². The van der Waals surface area contributed by atoms with Gasteiger partial charge in [-0.25, -0.2) is 0 Å². The summed E-state index contributed by atoms with van der Waals surface area (Å²) in [6, 6.07) is 5.81. The van der Waals surface area contributed by atoms with E-state index in [9.17, 15) is 36.4 Å². The van der Waals surface area contributed by atoms with E-state index in [0.29, 0.717) is 35.8 Å². The third kappa shape index (κ3) is 6.85. The first-order valence-corrected chi connectivity index (χ1v) is 18.6. The largest absolute Gasteiger partial charge is 0.508 e. The van der Waals surface area contributed by atoms with Crippen molar-refractivity contribution < 1.29 is 41.1 Å². The summed E-state index contributed by atoms with van der Waals surface area (Å²) in [5, 5.41) is 21.6. The number of rotatable bonds is 15. The molecule has 1 aromatic rings. The van der Waals surface area contributed by atoms with Crippen LogP contribution < -0.4 is 0 Å². The van der Waals surface area contributed by atoms with Crippen LogP contribution in [0.1, 0.15) is 126 Å². The number of fused-ring (bicyclic) bond motifs is 6. The molecule has 0 amide bonds. The second kappa shape index (κ2) is 13.7. The van der Waals surface area contributed by atoms with Gasteiger partial charge in [0, 0.05) is 41.3 Å². The molecule has 1 aromatic carbocycles. The van der Waals surface area contributed by atoms with Crippen LogP contribution in [-0.4, -0.2) is 51.2 Å². The van der Waals surface area contributed by atoms with Crippen molar-refractivity contribution in [2.75, 3.05) is 18.6 Å². The Balaban J connectivity index is 1.09. The molecule has 4 nitrogen and oxygen atoms in total. The van der Waals surface area contributed by atoms with Gasteiger partial charge >= 0.3 is 12.1 Å². The van der Waals surface area contributed by atoms with Crippen LogP contribution in [0.5, 0.6) is 5.75 Å². The molecule has 0 heterocycles. The lowest BCUT2D eigenvalue weighted by molar-refractivity contribution is -0.284. The number of methoxy groups -OCH3 is 1. The van der Waals surface area contributed by atoms with Crippen molar-refractivity contribution in [2.45, 2.75) is 133 Å². The average Bonchev–Trinajstić information content (AvgIpc) is 3.76. The van der Waals surface area contributed by atoms with E-state index in [0.717, 1.165) is 82.6 Å². The zero-order valence-electron chi connectivity index (χ0n) is 26.7. The van der Waals surface area contributed by atoms with Crippen LogP contribution in [0.15, 0.2) is 18.2 Å². The van der Waals surface area contributed by atoms with Gasteiger partial charge in [-0.15, -0.1) is 0 Å². The first kappa shape index (κ1) is 35.1. The molecule has 8 atom stereocenters. The van der Waals surface area contributed by atoms with Gasteiger partial charge in [0.1, 0.15) is 5.75 Å². The fourth-order valence-electron chi connectivity index (χ4n) is 9.87. The monoisotopic (exact) mass is 662 g/mol. The van der Waals surface area contributed by atoms with Gasteiger partial charge in [-0.2, -0.15) is 22.0 Å². The first-order valence-electron chi connectivity index (χ1n) is 17.1. The Labute approximate surface area is 267 Å². The number of benzene rings is 1. The standard InChI is InChI=1S/C35H51F5O4S/c1-32-16-14-25-24-13-12-23(41)21-27(24)31(44-2)26(30(25)28(32)22-29(42)33(32)17-18-33)11-8-6-4-3-5-7-9-19-45(43)20-10-15-34(36,37)35(38,39)40/h12-13,21,25-26,28-31,41-42H,3-11,14-20,22H2,1-2H3/t25?,26-,28?,29+,30?,31-,32-,45?/m0/s1. The maximum absolute atomic E-state index is 13.0. The summed E-state index contributed by atoms with van der Waals surface area (Å²) in [4.78, 5) is 0. The Bertz CT molecular complexity index is 1190. The molecule has 2 N–H and O–H groups in total. The smallest absolute Gasteiger partial charge is 0.453 e. The number of phenols is 1. The van der Waals surface area contributed by atoms with Gasteiger partial charge in [0.15, 0.2) is 0 Å². The zero-order valence-corrected chi connectivity index (χ0v) is 27.5. The minimum absolute atomic E-state index is 0.0795. The number of aliphatic hydroxyl groups excluding tert-OH is 1. The molecular weight excluding hydrogens is 611 g/mol. The summed E-state index contributed by atoms with van der Waals surface area (Å²) in [6.07, 6.45) is 5.69. The van der Waals surface area contributed by atoms with Crippen LogP contribution in [-0.2, 0) is 15.5 Å². The molecule has 4 unspecified atom stereocenters. The van der Waals surface area contributed by atoms with Gasteiger partial charge in [-0.1, -0.05) is 51.5 Å². The highest BCUT2D eigenvalue weighted by atomic mass is 32.2.